The van der Waals surface area contributed by atoms with Crippen LogP contribution in [0.3, 0.4) is 0 Å². The molecule has 104 valence electrons. The second-order valence-corrected chi connectivity index (χ2v) is 6.12. The van der Waals surface area contributed by atoms with Gasteiger partial charge in [-0.2, -0.15) is 0 Å². The van der Waals surface area contributed by atoms with Crippen molar-refractivity contribution in [3.05, 3.63) is 27.8 Å². The summed E-state index contributed by atoms with van der Waals surface area (Å²) in [5.41, 5.74) is 4.33. The number of rotatable bonds is 3. The van der Waals surface area contributed by atoms with Gasteiger partial charge in [0.2, 0.25) is 0 Å². The molecule has 19 heavy (non-hydrogen) atoms. The monoisotopic (exact) mass is 279 g/mol. The number of hydrogen-bond acceptors (Lipinski definition) is 2. The van der Waals surface area contributed by atoms with Gasteiger partial charge >= 0.3 is 0 Å². The van der Waals surface area contributed by atoms with E-state index in [4.69, 9.17) is 16.3 Å². The third-order valence-electron chi connectivity index (χ3n) is 4.48. The summed E-state index contributed by atoms with van der Waals surface area (Å²) in [5.74, 6) is 0.913. The van der Waals surface area contributed by atoms with E-state index in [1.807, 2.05) is 0 Å². The molecule has 3 heteroatoms. The summed E-state index contributed by atoms with van der Waals surface area (Å²) in [6.45, 7) is 1.15. The molecule has 0 aromatic heterocycles. The Morgan fingerprint density at radius 1 is 1.32 bits per heavy atom. The molecule has 2 aliphatic rings. The molecule has 0 spiro atoms. The Hall–Kier alpha value is -0.730. The first-order valence-corrected chi connectivity index (χ1v) is 7.78. The first-order valence-electron chi connectivity index (χ1n) is 7.40. The Bertz CT molecular complexity index is 466. The lowest BCUT2D eigenvalue weighted by atomic mass is 9.85. The molecule has 0 saturated carbocycles. The number of nitrogens with one attached hydrogen (secondary N) is 1. The van der Waals surface area contributed by atoms with Crippen LogP contribution >= 0.6 is 11.6 Å². The molecule has 0 radical (unpaired) electrons. The van der Waals surface area contributed by atoms with Crippen LogP contribution in [0.4, 0.5) is 0 Å². The molecule has 0 amide bonds. The van der Waals surface area contributed by atoms with E-state index in [2.05, 4.69) is 11.4 Å². The van der Waals surface area contributed by atoms with E-state index in [1.165, 1.54) is 55.2 Å². The van der Waals surface area contributed by atoms with Crippen molar-refractivity contribution in [3.63, 3.8) is 0 Å². The van der Waals surface area contributed by atoms with Crippen molar-refractivity contribution in [2.24, 2.45) is 0 Å². The predicted octanol–water partition coefficient (Wildman–Crippen LogP) is 3.52. The van der Waals surface area contributed by atoms with Crippen molar-refractivity contribution in [3.8, 4) is 5.75 Å². The van der Waals surface area contributed by atoms with Gasteiger partial charge in [-0.05, 0) is 68.7 Å². The number of ether oxygens (including phenoxy) is 1. The number of hydrogen-bond donors (Lipinski definition) is 1. The van der Waals surface area contributed by atoms with Gasteiger partial charge in [-0.1, -0.05) is 11.6 Å². The third kappa shape index (κ3) is 2.61. The summed E-state index contributed by atoms with van der Waals surface area (Å²) in [7, 11) is 1.74. The summed E-state index contributed by atoms with van der Waals surface area (Å²) in [4.78, 5) is 0. The number of halogens is 1. The maximum absolute atomic E-state index is 6.41. The Kier molecular flexibility index (Phi) is 3.99. The Balaban J connectivity index is 2.00. The lowest BCUT2D eigenvalue weighted by Crippen LogP contribution is -2.25. The molecule has 1 aromatic carbocycles. The fourth-order valence-corrected chi connectivity index (χ4v) is 3.87. The highest BCUT2D eigenvalue weighted by Gasteiger charge is 2.24. The summed E-state index contributed by atoms with van der Waals surface area (Å²) in [5, 5.41) is 4.37. The highest BCUT2D eigenvalue weighted by Crippen LogP contribution is 2.38. The van der Waals surface area contributed by atoms with Crippen LogP contribution in [-0.2, 0) is 19.3 Å². The van der Waals surface area contributed by atoms with Crippen LogP contribution < -0.4 is 10.1 Å². The maximum atomic E-state index is 6.41. The van der Waals surface area contributed by atoms with Crippen LogP contribution in [0.5, 0.6) is 5.75 Å². The van der Waals surface area contributed by atoms with Gasteiger partial charge in [0.15, 0.2) is 0 Å². The molecule has 0 bridgehead atoms. The zero-order valence-corrected chi connectivity index (χ0v) is 12.4. The van der Waals surface area contributed by atoms with Crippen LogP contribution in [0.1, 0.15) is 42.4 Å². The highest BCUT2D eigenvalue weighted by atomic mass is 35.5. The highest BCUT2D eigenvalue weighted by molar-refractivity contribution is 6.32. The number of fused-ring (bicyclic) bond motifs is 1. The van der Waals surface area contributed by atoms with Crippen LogP contribution in [-0.4, -0.2) is 19.7 Å². The molecule has 1 aliphatic heterocycles. The van der Waals surface area contributed by atoms with Crippen molar-refractivity contribution < 1.29 is 4.74 Å². The Morgan fingerprint density at radius 3 is 2.89 bits per heavy atom. The lowest BCUT2D eigenvalue weighted by molar-refractivity contribution is 0.405. The van der Waals surface area contributed by atoms with Crippen molar-refractivity contribution in [2.45, 2.75) is 51.0 Å². The molecule has 1 fully saturated rings. The lowest BCUT2D eigenvalue weighted by Gasteiger charge is -2.24. The SMILES string of the molecule is COc1c(Cl)cc2c(c1CC1CCCN1)CCCC2. The second-order valence-electron chi connectivity index (χ2n) is 5.71. The second kappa shape index (κ2) is 5.72. The summed E-state index contributed by atoms with van der Waals surface area (Å²) in [6, 6.07) is 2.72. The van der Waals surface area contributed by atoms with Gasteiger partial charge in [-0.15, -0.1) is 0 Å². The predicted molar refractivity (Wildman–Crippen MR) is 79.4 cm³/mol. The van der Waals surface area contributed by atoms with Gasteiger partial charge in [0.25, 0.3) is 0 Å². The molecule has 1 N–H and O–H groups in total. The van der Waals surface area contributed by atoms with E-state index in [1.54, 1.807) is 7.11 Å². The van der Waals surface area contributed by atoms with E-state index in [0.717, 1.165) is 23.7 Å². The number of aryl methyl sites for hydroxylation is 1. The maximum Gasteiger partial charge on any atom is 0.140 e. The standard InChI is InChI=1S/C16H22ClNO/c1-19-16-14(10-12-6-4-8-18-12)13-7-3-2-5-11(13)9-15(16)17/h9,12,18H,2-8,10H2,1H3. The average molecular weight is 280 g/mol. The third-order valence-corrected chi connectivity index (χ3v) is 4.76. The normalized spacial score (nSPS) is 22.3. The fraction of sp³-hybridized carbons (Fsp3) is 0.625. The Morgan fingerprint density at radius 2 is 2.16 bits per heavy atom. The molecular weight excluding hydrogens is 258 g/mol. The topological polar surface area (TPSA) is 21.3 Å². The van der Waals surface area contributed by atoms with E-state index >= 15 is 0 Å². The molecule has 3 rings (SSSR count). The first kappa shape index (κ1) is 13.3. The quantitative estimate of drug-likeness (QED) is 0.914. The number of methoxy groups -OCH3 is 1. The molecule has 1 heterocycles. The number of benzene rings is 1. The fourth-order valence-electron chi connectivity index (χ4n) is 3.55. The summed E-state index contributed by atoms with van der Waals surface area (Å²) in [6.07, 6.45) is 8.56. The molecule has 1 aromatic rings. The molecule has 1 saturated heterocycles. The largest absolute Gasteiger partial charge is 0.495 e. The van der Waals surface area contributed by atoms with Gasteiger partial charge in [0.05, 0.1) is 12.1 Å². The minimum Gasteiger partial charge on any atom is -0.495 e. The minimum atomic E-state index is 0.596. The zero-order valence-electron chi connectivity index (χ0n) is 11.6. The van der Waals surface area contributed by atoms with E-state index < -0.39 is 0 Å². The molecule has 1 atom stereocenters. The van der Waals surface area contributed by atoms with Crippen molar-refractivity contribution >= 4 is 11.6 Å². The van der Waals surface area contributed by atoms with Gasteiger partial charge in [0.1, 0.15) is 5.75 Å². The van der Waals surface area contributed by atoms with Gasteiger partial charge in [0, 0.05) is 11.6 Å². The molecule has 2 nitrogen and oxygen atoms in total. The van der Waals surface area contributed by atoms with E-state index in [0.29, 0.717) is 6.04 Å². The summed E-state index contributed by atoms with van der Waals surface area (Å²) < 4.78 is 5.59. The molecule has 1 aliphatic carbocycles. The van der Waals surface area contributed by atoms with Crippen LogP contribution in [0.15, 0.2) is 6.07 Å². The zero-order chi connectivity index (χ0) is 13.2. The van der Waals surface area contributed by atoms with E-state index in [9.17, 15) is 0 Å². The van der Waals surface area contributed by atoms with Gasteiger partial charge < -0.3 is 10.1 Å². The van der Waals surface area contributed by atoms with Crippen molar-refractivity contribution in [2.75, 3.05) is 13.7 Å². The van der Waals surface area contributed by atoms with Gasteiger partial charge in [-0.3, -0.25) is 0 Å². The van der Waals surface area contributed by atoms with Crippen LogP contribution in [0.2, 0.25) is 5.02 Å². The smallest absolute Gasteiger partial charge is 0.140 e. The van der Waals surface area contributed by atoms with Gasteiger partial charge in [-0.25, -0.2) is 0 Å². The van der Waals surface area contributed by atoms with Crippen LogP contribution in [0.25, 0.3) is 0 Å². The van der Waals surface area contributed by atoms with Crippen molar-refractivity contribution in [1.82, 2.24) is 5.32 Å². The molecule has 1 unspecified atom stereocenters. The van der Waals surface area contributed by atoms with E-state index in [-0.39, 0.29) is 0 Å². The Labute approximate surface area is 120 Å². The minimum absolute atomic E-state index is 0.596. The van der Waals surface area contributed by atoms with Crippen molar-refractivity contribution in [1.29, 1.82) is 0 Å². The first-order chi connectivity index (χ1) is 9.29. The average Bonchev–Trinajstić information content (AvgIpc) is 2.92. The summed E-state index contributed by atoms with van der Waals surface area (Å²) >= 11 is 6.41. The van der Waals surface area contributed by atoms with Crippen LogP contribution in [0, 0.1) is 0 Å². The molecular formula is C16H22ClNO.